The zero-order chi connectivity index (χ0) is 23.7. The van der Waals surface area contributed by atoms with Gasteiger partial charge in [0.05, 0.1) is 22.8 Å². The lowest BCUT2D eigenvalue weighted by Gasteiger charge is -2.14. The van der Waals surface area contributed by atoms with Gasteiger partial charge in [0.2, 0.25) is 5.91 Å². The Morgan fingerprint density at radius 1 is 1.15 bits per heavy atom. The lowest BCUT2D eigenvalue weighted by atomic mass is 10.1. The van der Waals surface area contributed by atoms with Crippen LogP contribution in [0.15, 0.2) is 30.5 Å². The predicted molar refractivity (Wildman–Crippen MR) is 129 cm³/mol. The van der Waals surface area contributed by atoms with E-state index in [4.69, 9.17) is 4.98 Å². The quantitative estimate of drug-likeness (QED) is 0.449. The number of carbonyl (C=O) groups is 1. The van der Waals surface area contributed by atoms with Crippen molar-refractivity contribution in [3.8, 4) is 16.6 Å². The molecule has 0 fully saturated rings. The van der Waals surface area contributed by atoms with Crippen LogP contribution in [0.1, 0.15) is 58.0 Å². The van der Waals surface area contributed by atoms with Gasteiger partial charge in [-0.05, 0) is 46.6 Å². The SMILES string of the molecule is Cc1ccc(-c2nc(C)c(C(C)NC(=O)CCc3c(C)nc4c(C#N)cnn4c3C)s2)cc1. The summed E-state index contributed by atoms with van der Waals surface area (Å²) in [6.07, 6.45) is 2.42. The normalized spacial score (nSPS) is 12.0. The average Bonchev–Trinajstić information content (AvgIpc) is 3.37. The Hall–Kier alpha value is -3.57. The zero-order valence-corrected chi connectivity index (χ0v) is 20.2. The lowest BCUT2D eigenvalue weighted by molar-refractivity contribution is -0.121. The van der Waals surface area contributed by atoms with Crippen LogP contribution in [0.2, 0.25) is 0 Å². The summed E-state index contributed by atoms with van der Waals surface area (Å²) >= 11 is 1.62. The van der Waals surface area contributed by atoms with E-state index in [1.165, 1.54) is 11.8 Å². The van der Waals surface area contributed by atoms with E-state index in [0.717, 1.165) is 38.1 Å². The molecule has 0 spiro atoms. The lowest BCUT2D eigenvalue weighted by Crippen LogP contribution is -2.27. The van der Waals surface area contributed by atoms with Crippen molar-refractivity contribution in [3.05, 3.63) is 69.1 Å². The van der Waals surface area contributed by atoms with Gasteiger partial charge in [-0.3, -0.25) is 4.79 Å². The van der Waals surface area contributed by atoms with Crippen LogP contribution in [0.25, 0.3) is 16.2 Å². The minimum Gasteiger partial charge on any atom is -0.349 e. The summed E-state index contributed by atoms with van der Waals surface area (Å²) < 4.78 is 1.68. The predicted octanol–water partition coefficient (Wildman–Crippen LogP) is 4.77. The van der Waals surface area contributed by atoms with Gasteiger partial charge in [-0.2, -0.15) is 10.4 Å². The minimum atomic E-state index is -0.124. The molecule has 1 amide bonds. The van der Waals surface area contributed by atoms with Crippen molar-refractivity contribution >= 4 is 22.9 Å². The van der Waals surface area contributed by atoms with Gasteiger partial charge >= 0.3 is 0 Å². The fourth-order valence-electron chi connectivity index (χ4n) is 4.00. The zero-order valence-electron chi connectivity index (χ0n) is 19.4. The smallest absolute Gasteiger partial charge is 0.220 e. The van der Waals surface area contributed by atoms with E-state index in [9.17, 15) is 10.1 Å². The Bertz CT molecular complexity index is 1380. The van der Waals surface area contributed by atoms with Crippen LogP contribution >= 0.6 is 11.3 Å². The molecule has 1 N–H and O–H groups in total. The first kappa shape index (κ1) is 22.6. The number of hydrogen-bond donors (Lipinski definition) is 1. The summed E-state index contributed by atoms with van der Waals surface area (Å²) in [6, 6.07) is 10.3. The summed E-state index contributed by atoms with van der Waals surface area (Å²) in [7, 11) is 0. The van der Waals surface area contributed by atoms with Crippen LogP contribution < -0.4 is 5.32 Å². The van der Waals surface area contributed by atoms with E-state index in [2.05, 4.69) is 52.7 Å². The van der Waals surface area contributed by atoms with E-state index in [-0.39, 0.29) is 11.9 Å². The van der Waals surface area contributed by atoms with Gasteiger partial charge in [0.15, 0.2) is 5.65 Å². The maximum absolute atomic E-state index is 12.7. The molecule has 168 valence electrons. The van der Waals surface area contributed by atoms with Crippen molar-refractivity contribution in [2.45, 2.75) is 53.5 Å². The minimum absolute atomic E-state index is 0.0238. The van der Waals surface area contributed by atoms with Gasteiger partial charge in [0.25, 0.3) is 0 Å². The number of nitrogens with zero attached hydrogens (tertiary/aromatic N) is 5. The third kappa shape index (κ3) is 4.50. The highest BCUT2D eigenvalue weighted by molar-refractivity contribution is 7.15. The Labute approximate surface area is 197 Å². The molecule has 8 heteroatoms. The largest absolute Gasteiger partial charge is 0.349 e. The second kappa shape index (κ2) is 9.12. The molecule has 3 aromatic heterocycles. The third-order valence-electron chi connectivity index (χ3n) is 5.83. The highest BCUT2D eigenvalue weighted by Gasteiger charge is 2.19. The van der Waals surface area contributed by atoms with Gasteiger partial charge in [-0.1, -0.05) is 29.8 Å². The number of amides is 1. The third-order valence-corrected chi connectivity index (χ3v) is 7.22. The molecule has 0 saturated heterocycles. The molecule has 0 radical (unpaired) electrons. The number of aromatic nitrogens is 4. The van der Waals surface area contributed by atoms with Crippen molar-refractivity contribution in [1.29, 1.82) is 5.26 Å². The second-order valence-corrected chi connectivity index (χ2v) is 9.32. The first-order valence-electron chi connectivity index (χ1n) is 10.9. The van der Waals surface area contributed by atoms with Gasteiger partial charge in [0, 0.05) is 23.4 Å². The molecule has 0 aliphatic heterocycles. The Kier molecular flexibility index (Phi) is 6.25. The van der Waals surface area contributed by atoms with Gasteiger partial charge in [-0.25, -0.2) is 14.5 Å². The first-order chi connectivity index (χ1) is 15.8. The molecular weight excluding hydrogens is 432 g/mol. The molecule has 4 aromatic rings. The summed E-state index contributed by atoms with van der Waals surface area (Å²) in [6.45, 7) is 9.90. The molecule has 0 bridgehead atoms. The van der Waals surface area contributed by atoms with Crippen molar-refractivity contribution < 1.29 is 4.79 Å². The molecule has 0 saturated carbocycles. The van der Waals surface area contributed by atoms with Crippen molar-refractivity contribution in [3.63, 3.8) is 0 Å². The van der Waals surface area contributed by atoms with E-state index in [0.29, 0.717) is 24.1 Å². The number of thiazole rings is 1. The molecule has 0 aliphatic carbocycles. The topological polar surface area (TPSA) is 96.0 Å². The van der Waals surface area contributed by atoms with Crippen LogP contribution in [-0.2, 0) is 11.2 Å². The van der Waals surface area contributed by atoms with Crippen molar-refractivity contribution in [1.82, 2.24) is 24.9 Å². The average molecular weight is 459 g/mol. The van der Waals surface area contributed by atoms with Crippen LogP contribution in [0, 0.1) is 39.0 Å². The number of nitrogens with one attached hydrogen (secondary N) is 1. The summed E-state index contributed by atoms with van der Waals surface area (Å²) in [4.78, 5) is 23.1. The standard InChI is InChI=1S/C25H26N6OS/c1-14-6-8-19(9-7-14)25-30-17(4)23(33-25)16(3)28-22(32)11-10-21-15(2)29-24-20(12-26)13-27-31(24)18(21)5/h6-9,13,16H,10-11H2,1-5H3,(H,28,32). The number of carbonyl (C=O) groups excluding carboxylic acids is 1. The van der Waals surface area contributed by atoms with E-state index >= 15 is 0 Å². The fourth-order valence-corrected chi connectivity index (χ4v) is 5.07. The number of hydrogen-bond acceptors (Lipinski definition) is 6. The van der Waals surface area contributed by atoms with Crippen LogP contribution in [0.5, 0.6) is 0 Å². The Morgan fingerprint density at radius 2 is 1.88 bits per heavy atom. The summed E-state index contributed by atoms with van der Waals surface area (Å²) in [5.41, 5.74) is 6.95. The van der Waals surface area contributed by atoms with Crippen molar-refractivity contribution in [2.24, 2.45) is 0 Å². The van der Waals surface area contributed by atoms with Crippen LogP contribution in [-0.4, -0.2) is 25.5 Å². The molecule has 1 unspecified atom stereocenters. The molecule has 4 rings (SSSR count). The Morgan fingerprint density at radius 3 is 2.58 bits per heavy atom. The second-order valence-electron chi connectivity index (χ2n) is 8.29. The molecule has 1 atom stereocenters. The number of aryl methyl sites for hydroxylation is 4. The van der Waals surface area contributed by atoms with Crippen molar-refractivity contribution in [2.75, 3.05) is 0 Å². The van der Waals surface area contributed by atoms with E-state index < -0.39 is 0 Å². The monoisotopic (exact) mass is 458 g/mol. The number of nitriles is 1. The highest BCUT2D eigenvalue weighted by Crippen LogP contribution is 2.32. The van der Waals surface area contributed by atoms with Gasteiger partial charge < -0.3 is 5.32 Å². The summed E-state index contributed by atoms with van der Waals surface area (Å²) in [5.74, 6) is -0.0238. The van der Waals surface area contributed by atoms with Gasteiger partial charge in [-0.15, -0.1) is 11.3 Å². The number of fused-ring (bicyclic) bond motifs is 1. The number of rotatable bonds is 6. The molecule has 0 aliphatic rings. The molecule has 33 heavy (non-hydrogen) atoms. The fraction of sp³-hybridized carbons (Fsp3) is 0.320. The van der Waals surface area contributed by atoms with E-state index in [1.54, 1.807) is 15.9 Å². The maximum atomic E-state index is 12.7. The molecule has 3 heterocycles. The van der Waals surface area contributed by atoms with Crippen LogP contribution in [0.3, 0.4) is 0 Å². The molecule has 7 nitrogen and oxygen atoms in total. The summed E-state index contributed by atoms with van der Waals surface area (Å²) in [5, 5.41) is 17.6. The number of benzene rings is 1. The van der Waals surface area contributed by atoms with Crippen LogP contribution in [0.4, 0.5) is 0 Å². The van der Waals surface area contributed by atoms with E-state index in [1.807, 2.05) is 27.7 Å². The maximum Gasteiger partial charge on any atom is 0.220 e. The Balaban J connectivity index is 1.44. The molecular formula is C25H26N6OS. The van der Waals surface area contributed by atoms with Gasteiger partial charge in [0.1, 0.15) is 16.6 Å². The molecule has 1 aromatic carbocycles. The highest BCUT2D eigenvalue weighted by atomic mass is 32.1. The first-order valence-corrected chi connectivity index (χ1v) is 11.7.